The summed E-state index contributed by atoms with van der Waals surface area (Å²) in [6.45, 7) is 0.639. The predicted molar refractivity (Wildman–Crippen MR) is 154 cm³/mol. The molecule has 0 N–H and O–H groups in total. The van der Waals surface area contributed by atoms with Gasteiger partial charge in [-0.1, -0.05) is 90.5 Å². The number of amides is 1. The molecule has 1 aliphatic rings. The summed E-state index contributed by atoms with van der Waals surface area (Å²) in [5, 5.41) is 4.08. The van der Waals surface area contributed by atoms with E-state index in [-0.39, 0.29) is 22.7 Å². The minimum atomic E-state index is -4.62. The maximum atomic E-state index is 13.6. The number of halogens is 4. The number of benzene rings is 4. The van der Waals surface area contributed by atoms with Gasteiger partial charge >= 0.3 is 6.18 Å². The largest absolute Gasteiger partial charge is 0.435 e. The van der Waals surface area contributed by atoms with Crippen LogP contribution in [0.15, 0.2) is 109 Å². The van der Waals surface area contributed by atoms with Gasteiger partial charge in [0.15, 0.2) is 5.69 Å². The molecule has 0 aliphatic carbocycles. The highest BCUT2D eigenvalue weighted by atomic mass is 35.5. The number of nitrogens with zero attached hydrogens (tertiary/aromatic N) is 3. The van der Waals surface area contributed by atoms with E-state index in [1.54, 1.807) is 48.5 Å². The van der Waals surface area contributed by atoms with Gasteiger partial charge in [-0.25, -0.2) is 4.68 Å². The van der Waals surface area contributed by atoms with Crippen molar-refractivity contribution in [2.45, 2.75) is 25.1 Å². The fraction of sp³-hybridized carbons (Fsp3) is 0.152. The molecule has 206 valence electrons. The maximum Gasteiger partial charge on any atom is 0.435 e. The average molecular weight is 572 g/mol. The van der Waals surface area contributed by atoms with Gasteiger partial charge < -0.3 is 4.90 Å². The van der Waals surface area contributed by atoms with E-state index in [1.165, 1.54) is 4.68 Å². The number of carbonyl (C=O) groups is 1. The van der Waals surface area contributed by atoms with Crippen LogP contribution in [0.25, 0.3) is 28.1 Å². The lowest BCUT2D eigenvalue weighted by atomic mass is 9.99. The second kappa shape index (κ2) is 10.9. The molecular formula is C33H25ClF3N3O. The van der Waals surface area contributed by atoms with Crippen molar-refractivity contribution in [1.29, 1.82) is 0 Å². The van der Waals surface area contributed by atoms with E-state index in [4.69, 9.17) is 11.6 Å². The van der Waals surface area contributed by atoms with Crippen LogP contribution in [0.1, 0.15) is 40.5 Å². The second-order valence-corrected chi connectivity index (χ2v) is 10.4. The minimum absolute atomic E-state index is 0.0389. The summed E-state index contributed by atoms with van der Waals surface area (Å²) in [6.07, 6.45) is -2.86. The first-order valence-corrected chi connectivity index (χ1v) is 13.7. The van der Waals surface area contributed by atoms with E-state index in [9.17, 15) is 18.0 Å². The van der Waals surface area contributed by atoms with Gasteiger partial charge in [-0.3, -0.25) is 4.79 Å². The smallest absolute Gasteiger partial charge is 0.332 e. The Bertz CT molecular complexity index is 1680. The molecular weight excluding hydrogens is 547 g/mol. The van der Waals surface area contributed by atoms with Gasteiger partial charge in [0, 0.05) is 17.7 Å². The van der Waals surface area contributed by atoms with E-state index in [1.807, 2.05) is 23.1 Å². The van der Waals surface area contributed by atoms with Gasteiger partial charge in [-0.2, -0.15) is 18.3 Å². The van der Waals surface area contributed by atoms with Gasteiger partial charge in [0.05, 0.1) is 22.4 Å². The fourth-order valence-corrected chi connectivity index (χ4v) is 5.58. The number of aromatic nitrogens is 2. The summed E-state index contributed by atoms with van der Waals surface area (Å²) < 4.78 is 41.9. The Kier molecular flexibility index (Phi) is 7.14. The van der Waals surface area contributed by atoms with Crippen LogP contribution in [0.2, 0.25) is 5.02 Å². The average Bonchev–Trinajstić information content (AvgIpc) is 3.66. The molecule has 1 fully saturated rings. The van der Waals surface area contributed by atoms with Crippen LogP contribution in [0, 0.1) is 0 Å². The highest BCUT2D eigenvalue weighted by Crippen LogP contribution is 2.36. The minimum Gasteiger partial charge on any atom is -0.332 e. The molecule has 2 heterocycles. The standard InChI is InChI=1S/C33H25ClF3N3O/c34-27-9-4-5-10-29(27)40-30(21-31(38-40)33(35,36)37)25-16-18-26(19-17-25)32(41)39-20-6-11-28(39)24-14-12-23(13-15-24)22-7-2-1-3-8-22/h1-5,7-10,12-19,21,28H,6,11,20H2. The van der Waals surface area contributed by atoms with Crippen molar-refractivity contribution in [2.75, 3.05) is 6.54 Å². The number of alkyl halides is 3. The van der Waals surface area contributed by atoms with Crippen molar-refractivity contribution in [3.63, 3.8) is 0 Å². The molecule has 1 aromatic heterocycles. The Morgan fingerprint density at radius 2 is 1.44 bits per heavy atom. The highest BCUT2D eigenvalue weighted by Gasteiger charge is 2.36. The molecule has 0 radical (unpaired) electrons. The number of rotatable bonds is 5. The van der Waals surface area contributed by atoms with E-state index in [2.05, 4.69) is 41.5 Å². The van der Waals surface area contributed by atoms with Crippen molar-refractivity contribution in [2.24, 2.45) is 0 Å². The van der Waals surface area contributed by atoms with Crippen molar-refractivity contribution in [3.05, 3.63) is 131 Å². The molecule has 1 unspecified atom stereocenters. The van der Waals surface area contributed by atoms with Crippen molar-refractivity contribution < 1.29 is 18.0 Å². The zero-order valence-corrected chi connectivity index (χ0v) is 22.6. The molecule has 1 amide bonds. The number of hydrogen-bond acceptors (Lipinski definition) is 2. The Hall–Kier alpha value is -4.36. The van der Waals surface area contributed by atoms with Gasteiger partial charge in [-0.15, -0.1) is 0 Å². The van der Waals surface area contributed by atoms with Gasteiger partial charge in [0.2, 0.25) is 0 Å². The highest BCUT2D eigenvalue weighted by molar-refractivity contribution is 6.32. The van der Waals surface area contributed by atoms with Crippen LogP contribution in [-0.2, 0) is 6.18 Å². The zero-order chi connectivity index (χ0) is 28.6. The van der Waals surface area contributed by atoms with Crippen LogP contribution < -0.4 is 0 Å². The van der Waals surface area contributed by atoms with E-state index >= 15 is 0 Å². The quantitative estimate of drug-likeness (QED) is 0.211. The van der Waals surface area contributed by atoms with Gasteiger partial charge in [0.1, 0.15) is 0 Å². The molecule has 1 aliphatic heterocycles. The van der Waals surface area contributed by atoms with Crippen molar-refractivity contribution >= 4 is 17.5 Å². The molecule has 0 bridgehead atoms. The zero-order valence-electron chi connectivity index (χ0n) is 21.9. The Morgan fingerprint density at radius 1 is 0.805 bits per heavy atom. The summed E-state index contributed by atoms with van der Waals surface area (Å²) in [4.78, 5) is 15.5. The number of para-hydroxylation sites is 1. The third-order valence-corrected chi connectivity index (χ3v) is 7.74. The number of likely N-dealkylation sites (tertiary alicyclic amines) is 1. The number of hydrogen-bond donors (Lipinski definition) is 0. The molecule has 0 saturated carbocycles. The lowest BCUT2D eigenvalue weighted by molar-refractivity contribution is -0.141. The van der Waals surface area contributed by atoms with E-state index < -0.39 is 11.9 Å². The van der Waals surface area contributed by atoms with Crippen LogP contribution >= 0.6 is 11.6 Å². The maximum absolute atomic E-state index is 13.6. The predicted octanol–water partition coefficient (Wildman–Crippen LogP) is 8.86. The van der Waals surface area contributed by atoms with E-state index in [0.29, 0.717) is 23.4 Å². The van der Waals surface area contributed by atoms with Crippen LogP contribution in [0.4, 0.5) is 13.2 Å². The topological polar surface area (TPSA) is 38.1 Å². The summed E-state index contributed by atoms with van der Waals surface area (Å²) in [6, 6.07) is 32.6. The van der Waals surface area contributed by atoms with E-state index in [0.717, 1.165) is 35.6 Å². The normalized spacial score (nSPS) is 15.3. The Morgan fingerprint density at radius 3 is 2.12 bits per heavy atom. The lowest BCUT2D eigenvalue weighted by Crippen LogP contribution is -2.30. The Balaban J connectivity index is 1.26. The summed E-state index contributed by atoms with van der Waals surface area (Å²) in [5.41, 5.74) is 3.82. The van der Waals surface area contributed by atoms with Crippen LogP contribution in [0.3, 0.4) is 0 Å². The first-order valence-electron chi connectivity index (χ1n) is 13.3. The molecule has 4 nitrogen and oxygen atoms in total. The van der Waals surface area contributed by atoms with Crippen molar-refractivity contribution in [1.82, 2.24) is 14.7 Å². The summed E-state index contributed by atoms with van der Waals surface area (Å²) in [7, 11) is 0. The van der Waals surface area contributed by atoms with Gasteiger partial charge in [0.25, 0.3) is 5.91 Å². The molecule has 41 heavy (non-hydrogen) atoms. The summed E-state index contributed by atoms with van der Waals surface area (Å²) >= 11 is 6.29. The summed E-state index contributed by atoms with van der Waals surface area (Å²) in [5.74, 6) is -0.109. The third-order valence-electron chi connectivity index (χ3n) is 7.42. The van der Waals surface area contributed by atoms with Gasteiger partial charge in [-0.05, 0) is 59.9 Å². The molecule has 0 spiro atoms. The first kappa shape index (κ1) is 26.8. The molecule has 4 aromatic carbocycles. The van der Waals surface area contributed by atoms with Crippen molar-refractivity contribution in [3.8, 4) is 28.1 Å². The lowest BCUT2D eigenvalue weighted by Gasteiger charge is -2.25. The van der Waals surface area contributed by atoms with Crippen LogP contribution in [-0.4, -0.2) is 27.1 Å². The first-order chi connectivity index (χ1) is 19.8. The SMILES string of the molecule is O=C(c1ccc(-c2cc(C(F)(F)F)nn2-c2ccccc2Cl)cc1)N1CCCC1c1ccc(-c2ccccc2)cc1. The fourth-order valence-electron chi connectivity index (χ4n) is 5.37. The molecule has 6 rings (SSSR count). The molecule has 1 atom stereocenters. The molecule has 5 aromatic rings. The third kappa shape index (κ3) is 5.37. The second-order valence-electron chi connectivity index (χ2n) is 10.00. The Labute approximate surface area is 240 Å². The monoisotopic (exact) mass is 571 g/mol. The molecule has 1 saturated heterocycles. The number of carbonyl (C=O) groups excluding carboxylic acids is 1. The molecule has 8 heteroatoms. The van der Waals surface area contributed by atoms with Crippen LogP contribution in [0.5, 0.6) is 0 Å².